The fourth-order valence-electron chi connectivity index (χ4n) is 2.67. The Morgan fingerprint density at radius 3 is 2.31 bits per heavy atom. The van der Waals surface area contributed by atoms with Crippen molar-refractivity contribution in [3.05, 3.63) is 89.9 Å². The first kappa shape index (κ1) is 16.2. The van der Waals surface area contributed by atoms with Crippen LogP contribution in [0.25, 0.3) is 27.4 Å². The maximum Gasteiger partial charge on any atom is 0.248 e. The number of anilines is 1. The third kappa shape index (κ3) is 3.71. The molecule has 1 aromatic heterocycles. The number of carbonyl (C=O) groups is 1. The molecule has 0 aliphatic rings. The van der Waals surface area contributed by atoms with E-state index in [-0.39, 0.29) is 5.91 Å². The predicted molar refractivity (Wildman–Crippen MR) is 109 cm³/mol. The Bertz CT molecular complexity index is 1030. The minimum atomic E-state index is -0.170. The van der Waals surface area contributed by atoms with E-state index < -0.39 is 0 Å². The Hall–Kier alpha value is -3.24. The summed E-state index contributed by atoms with van der Waals surface area (Å²) in [6, 6.07) is 25.9. The van der Waals surface area contributed by atoms with Crippen LogP contribution in [0.5, 0.6) is 0 Å². The molecule has 3 nitrogen and oxygen atoms in total. The van der Waals surface area contributed by atoms with Gasteiger partial charge in [-0.15, -0.1) is 11.3 Å². The van der Waals surface area contributed by atoms with Crippen molar-refractivity contribution < 1.29 is 4.79 Å². The molecule has 4 heteroatoms. The molecular formula is C22H16N2OS. The SMILES string of the molecule is O=C(/C=C/c1nc2ccccc2s1)Nc1ccc(-c2ccccc2)cc1. The molecule has 0 aliphatic heterocycles. The monoisotopic (exact) mass is 356 g/mol. The van der Waals surface area contributed by atoms with Crippen molar-refractivity contribution in [1.82, 2.24) is 4.98 Å². The Balaban J connectivity index is 1.43. The fourth-order valence-corrected chi connectivity index (χ4v) is 3.54. The summed E-state index contributed by atoms with van der Waals surface area (Å²) in [4.78, 5) is 16.6. The Kier molecular flexibility index (Phi) is 4.58. The Morgan fingerprint density at radius 1 is 0.846 bits per heavy atom. The van der Waals surface area contributed by atoms with Gasteiger partial charge in [0.2, 0.25) is 5.91 Å². The average molecular weight is 356 g/mol. The number of hydrogen-bond donors (Lipinski definition) is 1. The van der Waals surface area contributed by atoms with Crippen LogP contribution in [0.3, 0.4) is 0 Å². The average Bonchev–Trinajstić information content (AvgIpc) is 3.11. The molecule has 1 amide bonds. The van der Waals surface area contributed by atoms with E-state index in [1.165, 1.54) is 6.08 Å². The van der Waals surface area contributed by atoms with E-state index in [0.717, 1.165) is 32.0 Å². The van der Waals surface area contributed by atoms with E-state index in [1.807, 2.05) is 66.7 Å². The van der Waals surface area contributed by atoms with Gasteiger partial charge in [0.25, 0.3) is 0 Å². The fraction of sp³-hybridized carbons (Fsp3) is 0. The number of hydrogen-bond acceptors (Lipinski definition) is 3. The van der Waals surface area contributed by atoms with Crippen LogP contribution in [0.4, 0.5) is 5.69 Å². The van der Waals surface area contributed by atoms with E-state index in [0.29, 0.717) is 0 Å². The van der Waals surface area contributed by atoms with E-state index in [1.54, 1.807) is 17.4 Å². The van der Waals surface area contributed by atoms with Crippen molar-refractivity contribution in [3.8, 4) is 11.1 Å². The van der Waals surface area contributed by atoms with Gasteiger partial charge in [-0.25, -0.2) is 4.98 Å². The van der Waals surface area contributed by atoms with Crippen molar-refractivity contribution in [2.24, 2.45) is 0 Å². The van der Waals surface area contributed by atoms with E-state index in [9.17, 15) is 4.79 Å². The Labute approximate surface area is 155 Å². The minimum Gasteiger partial charge on any atom is -0.323 e. The third-order valence-electron chi connectivity index (χ3n) is 3.95. The largest absolute Gasteiger partial charge is 0.323 e. The van der Waals surface area contributed by atoms with Crippen LogP contribution in [0.15, 0.2) is 84.9 Å². The molecule has 0 saturated carbocycles. The van der Waals surface area contributed by atoms with Crippen LogP contribution in [0, 0.1) is 0 Å². The molecule has 1 N–H and O–H groups in total. The number of fused-ring (bicyclic) bond motifs is 1. The smallest absolute Gasteiger partial charge is 0.248 e. The molecule has 0 atom stereocenters. The second kappa shape index (κ2) is 7.33. The molecule has 0 aliphatic carbocycles. The summed E-state index contributed by atoms with van der Waals surface area (Å²) in [7, 11) is 0. The second-order valence-corrected chi connectivity index (χ2v) is 6.85. The van der Waals surface area contributed by atoms with Crippen LogP contribution >= 0.6 is 11.3 Å². The lowest BCUT2D eigenvalue weighted by Gasteiger charge is -2.05. The molecule has 3 aromatic carbocycles. The number of amides is 1. The molecule has 4 aromatic rings. The van der Waals surface area contributed by atoms with Gasteiger partial charge in [0, 0.05) is 11.8 Å². The quantitative estimate of drug-likeness (QED) is 0.483. The maximum absolute atomic E-state index is 12.1. The number of carbonyl (C=O) groups excluding carboxylic acids is 1. The first-order chi connectivity index (χ1) is 12.8. The van der Waals surface area contributed by atoms with Gasteiger partial charge >= 0.3 is 0 Å². The zero-order valence-corrected chi connectivity index (χ0v) is 14.7. The first-order valence-corrected chi connectivity index (χ1v) is 9.10. The number of benzene rings is 3. The van der Waals surface area contributed by atoms with Crippen molar-refractivity contribution in [2.45, 2.75) is 0 Å². The second-order valence-electron chi connectivity index (χ2n) is 5.79. The standard InChI is InChI=1S/C22H16N2OS/c25-21(14-15-22-24-19-8-4-5-9-20(19)26-22)23-18-12-10-17(11-13-18)16-6-2-1-3-7-16/h1-15H,(H,23,25)/b15-14+. The summed E-state index contributed by atoms with van der Waals surface area (Å²) in [5.41, 5.74) is 3.99. The summed E-state index contributed by atoms with van der Waals surface area (Å²) in [5.74, 6) is -0.170. The molecule has 1 heterocycles. The van der Waals surface area contributed by atoms with Crippen molar-refractivity contribution in [2.75, 3.05) is 5.32 Å². The van der Waals surface area contributed by atoms with Gasteiger partial charge in [-0.3, -0.25) is 4.79 Å². The number of nitrogens with zero attached hydrogens (tertiary/aromatic N) is 1. The minimum absolute atomic E-state index is 0.170. The highest BCUT2D eigenvalue weighted by atomic mass is 32.1. The summed E-state index contributed by atoms with van der Waals surface area (Å²) in [6.45, 7) is 0. The van der Waals surface area contributed by atoms with Gasteiger partial charge < -0.3 is 5.32 Å². The van der Waals surface area contributed by atoms with Crippen LogP contribution < -0.4 is 5.32 Å². The van der Waals surface area contributed by atoms with E-state index >= 15 is 0 Å². The van der Waals surface area contributed by atoms with Crippen LogP contribution in [-0.2, 0) is 4.79 Å². The lowest BCUT2D eigenvalue weighted by Crippen LogP contribution is -2.07. The van der Waals surface area contributed by atoms with Gasteiger partial charge in [-0.2, -0.15) is 0 Å². The predicted octanol–water partition coefficient (Wildman–Crippen LogP) is 5.62. The van der Waals surface area contributed by atoms with Gasteiger partial charge in [0.05, 0.1) is 10.2 Å². The van der Waals surface area contributed by atoms with Crippen molar-refractivity contribution in [1.29, 1.82) is 0 Å². The molecule has 0 spiro atoms. The summed E-state index contributed by atoms with van der Waals surface area (Å²) >= 11 is 1.57. The van der Waals surface area contributed by atoms with Gasteiger partial charge in [-0.05, 0) is 41.5 Å². The molecular weight excluding hydrogens is 340 g/mol. The van der Waals surface area contributed by atoms with Gasteiger partial charge in [-0.1, -0.05) is 54.6 Å². The Morgan fingerprint density at radius 2 is 1.54 bits per heavy atom. The van der Waals surface area contributed by atoms with Gasteiger partial charge in [0.15, 0.2) is 0 Å². The van der Waals surface area contributed by atoms with Crippen molar-refractivity contribution >= 4 is 39.2 Å². The highest BCUT2D eigenvalue weighted by Crippen LogP contribution is 2.23. The lowest BCUT2D eigenvalue weighted by atomic mass is 10.1. The lowest BCUT2D eigenvalue weighted by molar-refractivity contribution is -0.111. The topological polar surface area (TPSA) is 42.0 Å². The molecule has 0 fully saturated rings. The molecule has 0 radical (unpaired) electrons. The molecule has 4 rings (SSSR count). The molecule has 26 heavy (non-hydrogen) atoms. The van der Waals surface area contributed by atoms with E-state index in [2.05, 4.69) is 22.4 Å². The van der Waals surface area contributed by atoms with Crippen LogP contribution in [0.1, 0.15) is 5.01 Å². The van der Waals surface area contributed by atoms with Crippen LogP contribution in [0.2, 0.25) is 0 Å². The number of thiazole rings is 1. The zero-order chi connectivity index (χ0) is 17.8. The van der Waals surface area contributed by atoms with Crippen molar-refractivity contribution in [3.63, 3.8) is 0 Å². The molecule has 0 bridgehead atoms. The van der Waals surface area contributed by atoms with Gasteiger partial charge in [0.1, 0.15) is 5.01 Å². The zero-order valence-electron chi connectivity index (χ0n) is 13.9. The third-order valence-corrected chi connectivity index (χ3v) is 4.95. The summed E-state index contributed by atoms with van der Waals surface area (Å²) in [6.07, 6.45) is 3.27. The molecule has 0 unspecified atom stereocenters. The highest BCUT2D eigenvalue weighted by Gasteiger charge is 2.02. The summed E-state index contributed by atoms with van der Waals surface area (Å²) < 4.78 is 1.11. The first-order valence-electron chi connectivity index (χ1n) is 8.28. The number of aromatic nitrogens is 1. The summed E-state index contributed by atoms with van der Waals surface area (Å²) in [5, 5.41) is 3.70. The molecule has 126 valence electrons. The molecule has 0 saturated heterocycles. The van der Waals surface area contributed by atoms with E-state index in [4.69, 9.17) is 0 Å². The number of rotatable bonds is 4. The van der Waals surface area contributed by atoms with Crippen LogP contribution in [-0.4, -0.2) is 10.9 Å². The highest BCUT2D eigenvalue weighted by molar-refractivity contribution is 7.19. The number of nitrogens with one attached hydrogen (secondary N) is 1. The normalized spacial score (nSPS) is 11.1. The maximum atomic E-state index is 12.1. The number of para-hydroxylation sites is 1.